The molecule has 2 heterocycles. The van der Waals surface area contributed by atoms with Crippen molar-refractivity contribution in [3.8, 4) is 5.75 Å². The van der Waals surface area contributed by atoms with Crippen molar-refractivity contribution >= 4 is 23.1 Å². The van der Waals surface area contributed by atoms with Gasteiger partial charge in [-0.1, -0.05) is 12.1 Å². The van der Waals surface area contributed by atoms with Gasteiger partial charge in [0.1, 0.15) is 11.4 Å². The number of ketones is 1. The van der Waals surface area contributed by atoms with Gasteiger partial charge in [-0.2, -0.15) is 0 Å². The summed E-state index contributed by atoms with van der Waals surface area (Å²) in [5.41, 5.74) is 4.19. The zero-order valence-electron chi connectivity index (χ0n) is 18.3. The summed E-state index contributed by atoms with van der Waals surface area (Å²) in [5, 5.41) is 6.27. The van der Waals surface area contributed by atoms with Crippen molar-refractivity contribution in [3.05, 3.63) is 95.3 Å². The van der Waals surface area contributed by atoms with Gasteiger partial charge in [-0.3, -0.25) is 14.6 Å². The van der Waals surface area contributed by atoms with Crippen LogP contribution < -0.4 is 15.4 Å². The Morgan fingerprint density at radius 2 is 1.88 bits per heavy atom. The number of allylic oxidation sites excluding steroid dienone is 1. The van der Waals surface area contributed by atoms with Crippen LogP contribution in [-0.2, 0) is 6.42 Å². The first-order chi connectivity index (χ1) is 15.3. The molecule has 1 amide bonds. The van der Waals surface area contributed by atoms with Crippen LogP contribution in [0.25, 0.3) is 5.70 Å². The second-order valence-electron chi connectivity index (χ2n) is 8.38. The molecular weight excluding hydrogens is 402 g/mol. The third kappa shape index (κ3) is 4.70. The fourth-order valence-corrected chi connectivity index (χ4v) is 3.78. The van der Waals surface area contributed by atoms with Crippen LogP contribution >= 0.6 is 0 Å². The molecule has 0 aliphatic carbocycles. The van der Waals surface area contributed by atoms with Gasteiger partial charge in [0.05, 0.1) is 7.11 Å². The molecule has 3 aromatic rings. The van der Waals surface area contributed by atoms with Crippen molar-refractivity contribution in [2.75, 3.05) is 12.4 Å². The van der Waals surface area contributed by atoms with E-state index >= 15 is 0 Å². The zero-order valence-corrected chi connectivity index (χ0v) is 18.3. The normalized spacial score (nSPS) is 15.4. The molecule has 1 aliphatic heterocycles. The van der Waals surface area contributed by atoms with Crippen LogP contribution in [0.3, 0.4) is 0 Å². The number of amides is 1. The summed E-state index contributed by atoms with van der Waals surface area (Å²) in [4.78, 5) is 29.3. The molecule has 1 aromatic heterocycles. The van der Waals surface area contributed by atoms with E-state index in [4.69, 9.17) is 4.74 Å². The number of aromatic nitrogens is 1. The number of carbonyl (C=O) groups is 2. The fraction of sp³-hybridized carbons (Fsp3) is 0.192. The number of benzene rings is 2. The predicted molar refractivity (Wildman–Crippen MR) is 125 cm³/mol. The molecule has 0 saturated heterocycles. The SMILES string of the molecule is COc1ccc2c(c1)C(=CC(=O)c1ccc(NC(=O)c3ccccn3)cc1)NC(C)(C)C2. The second kappa shape index (κ2) is 8.67. The van der Waals surface area contributed by atoms with Crippen LogP contribution in [0.2, 0.25) is 0 Å². The van der Waals surface area contributed by atoms with Crippen molar-refractivity contribution in [1.29, 1.82) is 0 Å². The summed E-state index contributed by atoms with van der Waals surface area (Å²) in [6.45, 7) is 4.22. The second-order valence-corrected chi connectivity index (χ2v) is 8.38. The highest BCUT2D eigenvalue weighted by atomic mass is 16.5. The van der Waals surface area contributed by atoms with Gasteiger partial charge < -0.3 is 15.4 Å². The Morgan fingerprint density at radius 1 is 1.09 bits per heavy atom. The third-order valence-corrected chi connectivity index (χ3v) is 5.31. The van der Waals surface area contributed by atoms with Gasteiger partial charge in [-0.25, -0.2) is 0 Å². The zero-order chi connectivity index (χ0) is 22.7. The monoisotopic (exact) mass is 427 g/mol. The van der Waals surface area contributed by atoms with Gasteiger partial charge in [0.15, 0.2) is 5.78 Å². The Labute approximate surface area is 187 Å². The predicted octanol–water partition coefficient (Wildman–Crippen LogP) is 4.49. The average Bonchev–Trinajstić information content (AvgIpc) is 2.79. The van der Waals surface area contributed by atoms with E-state index in [0.29, 0.717) is 16.9 Å². The Balaban J connectivity index is 1.55. The Hall–Kier alpha value is -3.93. The lowest BCUT2D eigenvalue weighted by Gasteiger charge is -2.35. The smallest absolute Gasteiger partial charge is 0.274 e. The average molecular weight is 428 g/mol. The van der Waals surface area contributed by atoms with E-state index in [1.807, 2.05) is 18.2 Å². The van der Waals surface area contributed by atoms with Crippen LogP contribution in [0.4, 0.5) is 5.69 Å². The Kier molecular flexibility index (Phi) is 5.77. The number of methoxy groups -OCH3 is 1. The number of carbonyl (C=O) groups excluding carboxylic acids is 2. The molecular formula is C26H25N3O3. The molecule has 0 atom stereocenters. The maximum Gasteiger partial charge on any atom is 0.274 e. The molecule has 0 fully saturated rings. The summed E-state index contributed by atoms with van der Waals surface area (Å²) >= 11 is 0. The highest BCUT2D eigenvalue weighted by molar-refractivity contribution is 6.09. The quantitative estimate of drug-likeness (QED) is 0.463. The highest BCUT2D eigenvalue weighted by Crippen LogP contribution is 2.32. The van der Waals surface area contributed by atoms with Gasteiger partial charge >= 0.3 is 0 Å². The molecule has 2 aromatic carbocycles. The van der Waals surface area contributed by atoms with Crippen molar-refractivity contribution in [1.82, 2.24) is 10.3 Å². The third-order valence-electron chi connectivity index (χ3n) is 5.31. The number of hydrogen-bond acceptors (Lipinski definition) is 5. The molecule has 162 valence electrons. The van der Waals surface area contributed by atoms with Crippen LogP contribution in [0.1, 0.15) is 45.8 Å². The van der Waals surface area contributed by atoms with Gasteiger partial charge in [0.2, 0.25) is 0 Å². The van der Waals surface area contributed by atoms with E-state index in [2.05, 4.69) is 29.5 Å². The number of fused-ring (bicyclic) bond motifs is 1. The minimum Gasteiger partial charge on any atom is -0.497 e. The molecule has 32 heavy (non-hydrogen) atoms. The molecule has 0 saturated carbocycles. The largest absolute Gasteiger partial charge is 0.497 e. The number of anilines is 1. The number of nitrogens with one attached hydrogen (secondary N) is 2. The van der Waals surface area contributed by atoms with Crippen molar-refractivity contribution in [2.24, 2.45) is 0 Å². The number of ether oxygens (including phenoxy) is 1. The molecule has 1 aliphatic rings. The van der Waals surface area contributed by atoms with Crippen LogP contribution in [0, 0.1) is 0 Å². The lowest BCUT2D eigenvalue weighted by atomic mass is 9.85. The van der Waals surface area contributed by atoms with Gasteiger partial charge in [-0.15, -0.1) is 0 Å². The Bertz CT molecular complexity index is 1180. The van der Waals surface area contributed by atoms with Gasteiger partial charge in [0, 0.05) is 40.3 Å². The molecule has 0 unspecified atom stereocenters. The summed E-state index contributed by atoms with van der Waals surface area (Å²) in [6, 6.07) is 17.9. The lowest BCUT2D eigenvalue weighted by Crippen LogP contribution is -2.43. The highest BCUT2D eigenvalue weighted by Gasteiger charge is 2.28. The first-order valence-corrected chi connectivity index (χ1v) is 10.4. The number of nitrogens with zero attached hydrogens (tertiary/aromatic N) is 1. The summed E-state index contributed by atoms with van der Waals surface area (Å²) in [5.74, 6) is 0.323. The fourth-order valence-electron chi connectivity index (χ4n) is 3.78. The van der Waals surface area contributed by atoms with Crippen molar-refractivity contribution < 1.29 is 14.3 Å². The van der Waals surface area contributed by atoms with E-state index in [1.54, 1.807) is 61.8 Å². The number of rotatable bonds is 5. The summed E-state index contributed by atoms with van der Waals surface area (Å²) in [7, 11) is 1.63. The first kappa shape index (κ1) is 21.3. The first-order valence-electron chi connectivity index (χ1n) is 10.4. The van der Waals surface area contributed by atoms with E-state index in [1.165, 1.54) is 5.56 Å². The van der Waals surface area contributed by atoms with E-state index in [0.717, 1.165) is 23.4 Å². The maximum absolute atomic E-state index is 13.0. The maximum atomic E-state index is 13.0. The molecule has 6 heteroatoms. The summed E-state index contributed by atoms with van der Waals surface area (Å²) in [6.07, 6.45) is 4.04. The standard InChI is InChI=1S/C26H25N3O3/c1-26(2)16-18-9-12-20(32-3)14-21(18)23(29-26)15-24(30)17-7-10-19(11-8-17)28-25(31)22-6-4-5-13-27-22/h4-15,29H,16H2,1-3H3,(H,28,31). The van der Waals surface area contributed by atoms with Gasteiger partial charge in [-0.05, 0) is 74.4 Å². The molecule has 6 nitrogen and oxygen atoms in total. The van der Waals surface area contributed by atoms with Crippen LogP contribution in [-0.4, -0.2) is 29.3 Å². The number of hydrogen-bond donors (Lipinski definition) is 2. The minimum atomic E-state index is -0.300. The van der Waals surface area contributed by atoms with Crippen molar-refractivity contribution in [2.45, 2.75) is 25.8 Å². The van der Waals surface area contributed by atoms with Gasteiger partial charge in [0.25, 0.3) is 5.91 Å². The van der Waals surface area contributed by atoms with Crippen LogP contribution in [0.5, 0.6) is 5.75 Å². The molecule has 0 bridgehead atoms. The van der Waals surface area contributed by atoms with Crippen LogP contribution in [0.15, 0.2) is 72.9 Å². The van der Waals surface area contributed by atoms with E-state index < -0.39 is 0 Å². The topological polar surface area (TPSA) is 80.3 Å². The van der Waals surface area contributed by atoms with E-state index in [-0.39, 0.29) is 17.2 Å². The van der Waals surface area contributed by atoms with Crippen molar-refractivity contribution in [3.63, 3.8) is 0 Å². The lowest BCUT2D eigenvalue weighted by molar-refractivity contribution is 0.102. The molecule has 0 radical (unpaired) electrons. The molecule has 0 spiro atoms. The minimum absolute atomic E-state index is 0.124. The summed E-state index contributed by atoms with van der Waals surface area (Å²) < 4.78 is 5.37. The molecule has 4 rings (SSSR count). The van der Waals surface area contributed by atoms with E-state index in [9.17, 15) is 9.59 Å². The number of pyridine rings is 1. The Morgan fingerprint density at radius 3 is 2.56 bits per heavy atom. The molecule has 2 N–H and O–H groups in total.